The Morgan fingerprint density at radius 3 is 2.38 bits per heavy atom. The van der Waals surface area contributed by atoms with Crippen LogP contribution < -0.4 is 15.2 Å². The first kappa shape index (κ1) is 20.9. The average molecular weight is 399 g/mol. The smallest absolute Gasteiger partial charge is 0.255 e. The van der Waals surface area contributed by atoms with E-state index in [1.54, 1.807) is 31.4 Å². The molecule has 1 aliphatic rings. The Hall–Kier alpha value is -2.83. The van der Waals surface area contributed by atoms with E-state index in [1.807, 2.05) is 16.7 Å². The summed E-state index contributed by atoms with van der Waals surface area (Å²) in [6, 6.07) is 7.15. The predicted octanol–water partition coefficient (Wildman–Crippen LogP) is 2.64. The average Bonchev–Trinajstić information content (AvgIpc) is 2.72. The minimum atomic E-state index is -0.0510. The highest BCUT2D eigenvalue weighted by Crippen LogP contribution is 2.17. The van der Waals surface area contributed by atoms with Crippen LogP contribution in [-0.2, 0) is 6.42 Å². The van der Waals surface area contributed by atoms with Crippen molar-refractivity contribution in [1.29, 1.82) is 0 Å². The van der Waals surface area contributed by atoms with Gasteiger partial charge in [0.05, 0.1) is 7.11 Å². The number of H-pyrrole nitrogens is 1. The number of piperazine rings is 1. The second-order valence-corrected chi connectivity index (χ2v) is 7.89. The fourth-order valence-electron chi connectivity index (χ4n) is 3.51. The molecule has 3 rings (SSSR count). The minimum Gasteiger partial charge on any atom is -0.497 e. The first-order valence-corrected chi connectivity index (χ1v) is 10.2. The number of hydrogen-bond acceptors (Lipinski definition) is 5. The Morgan fingerprint density at radius 2 is 1.83 bits per heavy atom. The molecule has 0 saturated carbocycles. The van der Waals surface area contributed by atoms with Crippen LogP contribution in [0.15, 0.2) is 29.1 Å². The summed E-state index contributed by atoms with van der Waals surface area (Å²) in [5, 5.41) is 0. The normalized spacial score (nSPS) is 14.4. The highest BCUT2D eigenvalue weighted by molar-refractivity contribution is 5.94. The van der Waals surface area contributed by atoms with Gasteiger partial charge in [0.1, 0.15) is 5.75 Å². The molecule has 0 unspecified atom stereocenters. The second kappa shape index (κ2) is 9.11. The molecule has 1 aliphatic heterocycles. The topological polar surface area (TPSA) is 78.5 Å². The van der Waals surface area contributed by atoms with Crippen LogP contribution >= 0.6 is 0 Å². The van der Waals surface area contributed by atoms with Crippen molar-refractivity contribution < 1.29 is 9.53 Å². The number of rotatable bonds is 6. The molecule has 0 aliphatic carbocycles. The van der Waals surface area contributed by atoms with Gasteiger partial charge in [0.25, 0.3) is 11.5 Å². The van der Waals surface area contributed by atoms with Gasteiger partial charge >= 0.3 is 0 Å². The standard InChI is InChI=1S/C22H30N4O3/c1-15(2)5-10-19-16(3)23-22(24-20(19)27)26-13-11-25(12-14-26)21(28)17-6-8-18(29-4)9-7-17/h6-9,15H,5,10-14H2,1-4H3,(H,23,24,27). The Morgan fingerprint density at radius 1 is 1.17 bits per heavy atom. The third-order valence-electron chi connectivity index (χ3n) is 5.38. The number of nitrogens with one attached hydrogen (secondary N) is 1. The molecule has 0 radical (unpaired) electrons. The number of benzene rings is 1. The highest BCUT2D eigenvalue weighted by Gasteiger charge is 2.24. The van der Waals surface area contributed by atoms with Gasteiger partial charge < -0.3 is 14.5 Å². The summed E-state index contributed by atoms with van der Waals surface area (Å²) in [6.07, 6.45) is 1.72. The minimum absolute atomic E-state index is 0.00831. The van der Waals surface area contributed by atoms with Crippen molar-refractivity contribution >= 4 is 11.9 Å². The van der Waals surface area contributed by atoms with E-state index in [2.05, 4.69) is 23.8 Å². The zero-order valence-corrected chi connectivity index (χ0v) is 17.7. The third kappa shape index (κ3) is 4.96. The van der Waals surface area contributed by atoms with E-state index < -0.39 is 0 Å². The molecule has 7 heteroatoms. The van der Waals surface area contributed by atoms with E-state index in [0.29, 0.717) is 43.6 Å². The number of carbonyl (C=O) groups excluding carboxylic acids is 1. The number of hydrogen-bond donors (Lipinski definition) is 1. The number of aryl methyl sites for hydroxylation is 1. The van der Waals surface area contributed by atoms with Gasteiger partial charge in [-0.1, -0.05) is 13.8 Å². The molecule has 7 nitrogen and oxygen atoms in total. The summed E-state index contributed by atoms with van der Waals surface area (Å²) in [5.74, 6) is 1.88. The van der Waals surface area contributed by atoms with Gasteiger partial charge in [-0.15, -0.1) is 0 Å². The molecule has 29 heavy (non-hydrogen) atoms. The van der Waals surface area contributed by atoms with Gasteiger partial charge in [-0.2, -0.15) is 0 Å². The number of anilines is 1. The van der Waals surface area contributed by atoms with Crippen LogP contribution in [0, 0.1) is 12.8 Å². The van der Waals surface area contributed by atoms with Crippen LogP contribution in [0.4, 0.5) is 5.95 Å². The highest BCUT2D eigenvalue weighted by atomic mass is 16.5. The lowest BCUT2D eigenvalue weighted by atomic mass is 10.0. The number of ether oxygens (including phenoxy) is 1. The molecule has 1 fully saturated rings. The molecule has 0 spiro atoms. The van der Waals surface area contributed by atoms with Crippen molar-refractivity contribution in [2.45, 2.75) is 33.6 Å². The lowest BCUT2D eigenvalue weighted by Crippen LogP contribution is -2.49. The fourth-order valence-corrected chi connectivity index (χ4v) is 3.51. The van der Waals surface area contributed by atoms with Gasteiger partial charge in [0.15, 0.2) is 0 Å². The lowest BCUT2D eigenvalue weighted by molar-refractivity contribution is 0.0746. The molecule has 0 bridgehead atoms. The SMILES string of the molecule is COc1ccc(C(=O)N2CCN(c3nc(C)c(CCC(C)C)c(=O)[nH]3)CC2)cc1. The summed E-state index contributed by atoms with van der Waals surface area (Å²) in [4.78, 5) is 36.7. The number of aromatic nitrogens is 2. The Labute approximate surface area is 171 Å². The van der Waals surface area contributed by atoms with Crippen molar-refractivity contribution in [3.05, 3.63) is 51.4 Å². The number of carbonyl (C=O) groups is 1. The maximum absolute atomic E-state index is 12.7. The predicted molar refractivity (Wildman–Crippen MR) is 114 cm³/mol. The van der Waals surface area contributed by atoms with E-state index in [-0.39, 0.29) is 11.5 Å². The molecule has 1 amide bonds. The zero-order chi connectivity index (χ0) is 21.0. The maximum Gasteiger partial charge on any atom is 0.255 e. The van der Waals surface area contributed by atoms with Crippen molar-refractivity contribution in [2.24, 2.45) is 5.92 Å². The van der Waals surface area contributed by atoms with Gasteiger partial charge in [-0.05, 0) is 49.9 Å². The van der Waals surface area contributed by atoms with Gasteiger partial charge in [-0.25, -0.2) is 4.98 Å². The van der Waals surface area contributed by atoms with Crippen LogP contribution in [-0.4, -0.2) is 54.1 Å². The molecule has 2 aromatic rings. The number of nitrogens with zero attached hydrogens (tertiary/aromatic N) is 3. The quantitative estimate of drug-likeness (QED) is 0.809. The van der Waals surface area contributed by atoms with Crippen molar-refractivity contribution in [2.75, 3.05) is 38.2 Å². The summed E-state index contributed by atoms with van der Waals surface area (Å²) >= 11 is 0. The monoisotopic (exact) mass is 398 g/mol. The van der Waals surface area contributed by atoms with Crippen molar-refractivity contribution in [3.8, 4) is 5.75 Å². The molecule has 0 atom stereocenters. The molecule has 1 N–H and O–H groups in total. The van der Waals surface area contributed by atoms with Crippen LogP contribution in [0.2, 0.25) is 0 Å². The molecule has 1 aromatic heterocycles. The molecular formula is C22H30N4O3. The van der Waals surface area contributed by atoms with Gasteiger partial charge in [0, 0.05) is 43.0 Å². The molecule has 2 heterocycles. The van der Waals surface area contributed by atoms with Gasteiger partial charge in [0.2, 0.25) is 5.95 Å². The van der Waals surface area contributed by atoms with E-state index >= 15 is 0 Å². The van der Waals surface area contributed by atoms with E-state index in [4.69, 9.17) is 4.74 Å². The molecular weight excluding hydrogens is 368 g/mol. The lowest BCUT2D eigenvalue weighted by Gasteiger charge is -2.35. The molecule has 156 valence electrons. The maximum atomic E-state index is 12.7. The summed E-state index contributed by atoms with van der Waals surface area (Å²) in [6.45, 7) is 8.64. The third-order valence-corrected chi connectivity index (χ3v) is 5.38. The van der Waals surface area contributed by atoms with Gasteiger partial charge in [-0.3, -0.25) is 14.6 Å². The summed E-state index contributed by atoms with van der Waals surface area (Å²) in [7, 11) is 1.60. The Bertz CT molecular complexity index is 897. The summed E-state index contributed by atoms with van der Waals surface area (Å²) in [5.41, 5.74) is 2.16. The van der Waals surface area contributed by atoms with Crippen molar-refractivity contribution in [1.82, 2.24) is 14.9 Å². The largest absolute Gasteiger partial charge is 0.497 e. The molecule has 1 saturated heterocycles. The first-order chi connectivity index (χ1) is 13.9. The van der Waals surface area contributed by atoms with Crippen molar-refractivity contribution in [3.63, 3.8) is 0 Å². The molecule has 1 aromatic carbocycles. The number of methoxy groups -OCH3 is 1. The number of amides is 1. The van der Waals surface area contributed by atoms with E-state index in [9.17, 15) is 9.59 Å². The zero-order valence-electron chi connectivity index (χ0n) is 17.7. The number of aromatic amines is 1. The first-order valence-electron chi connectivity index (χ1n) is 10.2. The Kier molecular flexibility index (Phi) is 6.56. The van der Waals surface area contributed by atoms with Crippen LogP contribution in [0.3, 0.4) is 0 Å². The van der Waals surface area contributed by atoms with E-state index in [0.717, 1.165) is 29.8 Å². The Balaban J connectivity index is 1.64. The fraction of sp³-hybridized carbons (Fsp3) is 0.500. The summed E-state index contributed by atoms with van der Waals surface area (Å²) < 4.78 is 5.14. The van der Waals surface area contributed by atoms with E-state index in [1.165, 1.54) is 0 Å². The second-order valence-electron chi connectivity index (χ2n) is 7.89. The van der Waals surface area contributed by atoms with Crippen LogP contribution in [0.5, 0.6) is 5.75 Å². The van der Waals surface area contributed by atoms with Crippen LogP contribution in [0.1, 0.15) is 41.9 Å². The van der Waals surface area contributed by atoms with Crippen LogP contribution in [0.25, 0.3) is 0 Å².